The highest BCUT2D eigenvalue weighted by atomic mass is 32.2. The molecule has 0 radical (unpaired) electrons. The van der Waals surface area contributed by atoms with Crippen molar-refractivity contribution in [1.82, 2.24) is 9.62 Å². The second-order valence-corrected chi connectivity index (χ2v) is 11.6. The molecule has 0 bridgehead atoms. The number of aliphatic hydroxyl groups excluding tert-OH is 1. The smallest absolute Gasteiger partial charge is 0.243 e. The molecule has 8 nitrogen and oxygen atoms in total. The van der Waals surface area contributed by atoms with Gasteiger partial charge in [-0.2, -0.15) is 4.31 Å². The molecule has 1 aliphatic carbocycles. The molecule has 0 saturated carbocycles. The lowest BCUT2D eigenvalue weighted by Crippen LogP contribution is -2.42. The van der Waals surface area contributed by atoms with Crippen molar-refractivity contribution in [3.05, 3.63) is 77.9 Å². The first-order valence-electron chi connectivity index (χ1n) is 12.8. The number of rotatable bonds is 10. The largest absolute Gasteiger partial charge is 0.497 e. The average molecular weight is 537 g/mol. The molecular formula is C29H32N2O6S. The Morgan fingerprint density at radius 1 is 0.974 bits per heavy atom. The van der Waals surface area contributed by atoms with E-state index in [0.717, 1.165) is 24.0 Å². The lowest BCUT2D eigenvalue weighted by atomic mass is 9.98. The van der Waals surface area contributed by atoms with Crippen LogP contribution in [0.15, 0.2) is 71.6 Å². The van der Waals surface area contributed by atoms with E-state index in [1.165, 1.54) is 4.31 Å². The van der Waals surface area contributed by atoms with Crippen molar-refractivity contribution < 1.29 is 27.8 Å². The van der Waals surface area contributed by atoms with E-state index in [2.05, 4.69) is 5.32 Å². The minimum absolute atomic E-state index is 0.00823. The second-order valence-electron chi connectivity index (χ2n) is 9.70. The molecule has 1 heterocycles. The SMILES string of the molecule is COc1ccc(S(=O)(=O)N2CCC(CNC[C@@H](O)COc3cccc4c3-c3ccccc3C4=O)CC2)cc1. The molecule has 200 valence electrons. The van der Waals surface area contributed by atoms with E-state index >= 15 is 0 Å². The van der Waals surface area contributed by atoms with E-state index in [0.29, 0.717) is 54.7 Å². The number of hydrogen-bond donors (Lipinski definition) is 2. The van der Waals surface area contributed by atoms with Crippen LogP contribution in [0.4, 0.5) is 0 Å². The Morgan fingerprint density at radius 2 is 1.66 bits per heavy atom. The molecule has 1 saturated heterocycles. The lowest BCUT2D eigenvalue weighted by Gasteiger charge is -2.31. The van der Waals surface area contributed by atoms with Crippen LogP contribution < -0.4 is 14.8 Å². The van der Waals surface area contributed by atoms with Gasteiger partial charge in [0, 0.05) is 36.3 Å². The van der Waals surface area contributed by atoms with Crippen molar-refractivity contribution in [2.24, 2.45) is 5.92 Å². The highest BCUT2D eigenvalue weighted by Crippen LogP contribution is 2.42. The van der Waals surface area contributed by atoms with Crippen LogP contribution in [0.2, 0.25) is 0 Å². The summed E-state index contributed by atoms with van der Waals surface area (Å²) in [6, 6.07) is 19.4. The van der Waals surface area contributed by atoms with Crippen molar-refractivity contribution in [3.63, 3.8) is 0 Å². The number of carbonyl (C=O) groups is 1. The number of piperidine rings is 1. The Kier molecular flexibility index (Phi) is 7.80. The third-order valence-electron chi connectivity index (χ3n) is 7.23. The number of ketones is 1. The summed E-state index contributed by atoms with van der Waals surface area (Å²) in [4.78, 5) is 13.0. The maximum absolute atomic E-state index is 12.9. The number of hydrogen-bond acceptors (Lipinski definition) is 7. The molecule has 0 spiro atoms. The highest BCUT2D eigenvalue weighted by molar-refractivity contribution is 7.89. The van der Waals surface area contributed by atoms with Gasteiger partial charge in [-0.05, 0) is 61.2 Å². The Bertz CT molecular complexity index is 1400. The van der Waals surface area contributed by atoms with Gasteiger partial charge in [0.25, 0.3) is 0 Å². The zero-order chi connectivity index (χ0) is 26.7. The number of benzene rings is 3. The van der Waals surface area contributed by atoms with E-state index in [1.54, 1.807) is 43.5 Å². The van der Waals surface area contributed by atoms with Crippen molar-refractivity contribution in [1.29, 1.82) is 0 Å². The number of methoxy groups -OCH3 is 1. The number of nitrogens with zero attached hydrogens (tertiary/aromatic N) is 1. The Morgan fingerprint density at radius 3 is 2.37 bits per heavy atom. The van der Waals surface area contributed by atoms with Gasteiger partial charge in [-0.25, -0.2) is 8.42 Å². The van der Waals surface area contributed by atoms with Crippen LogP contribution in [0.5, 0.6) is 11.5 Å². The quantitative estimate of drug-likeness (QED) is 0.320. The zero-order valence-electron chi connectivity index (χ0n) is 21.3. The van der Waals surface area contributed by atoms with Gasteiger partial charge in [-0.1, -0.05) is 36.4 Å². The summed E-state index contributed by atoms with van der Waals surface area (Å²) in [6.07, 6.45) is 0.769. The first kappa shape index (κ1) is 26.4. The van der Waals surface area contributed by atoms with Crippen LogP contribution in [-0.2, 0) is 10.0 Å². The Balaban J connectivity index is 1.08. The fourth-order valence-corrected chi connectivity index (χ4v) is 6.58. The minimum Gasteiger partial charge on any atom is -0.497 e. The monoisotopic (exact) mass is 536 g/mol. The molecule has 9 heteroatoms. The van der Waals surface area contributed by atoms with Crippen LogP contribution in [0.25, 0.3) is 11.1 Å². The van der Waals surface area contributed by atoms with Gasteiger partial charge in [0.15, 0.2) is 5.78 Å². The van der Waals surface area contributed by atoms with Gasteiger partial charge in [0.05, 0.1) is 12.0 Å². The third-order valence-corrected chi connectivity index (χ3v) is 9.14. The molecule has 0 unspecified atom stereocenters. The fraction of sp³-hybridized carbons (Fsp3) is 0.345. The normalized spacial score (nSPS) is 16.6. The fourth-order valence-electron chi connectivity index (χ4n) is 5.11. The molecule has 2 aliphatic rings. The van der Waals surface area contributed by atoms with Gasteiger partial charge < -0.3 is 19.9 Å². The van der Waals surface area contributed by atoms with Crippen molar-refractivity contribution in [2.75, 3.05) is 39.9 Å². The van der Waals surface area contributed by atoms with Crippen LogP contribution in [0.1, 0.15) is 28.8 Å². The van der Waals surface area contributed by atoms with E-state index in [9.17, 15) is 18.3 Å². The van der Waals surface area contributed by atoms with E-state index in [4.69, 9.17) is 9.47 Å². The lowest BCUT2D eigenvalue weighted by molar-refractivity contribution is 0.103. The number of fused-ring (bicyclic) bond motifs is 3. The number of sulfonamides is 1. The standard InChI is InChI=1S/C29H32N2O6S/c1-36-22-9-11-23(12-10-22)38(34,35)31-15-13-20(14-16-31)17-30-18-21(32)19-37-27-8-4-7-26-28(27)24-5-2-3-6-25(24)29(26)33/h2-12,20-21,30,32H,13-19H2,1H3/t21-/m1/s1. The average Bonchev–Trinajstić information content (AvgIpc) is 3.24. The van der Waals surface area contributed by atoms with Crippen molar-refractivity contribution >= 4 is 15.8 Å². The molecule has 1 aliphatic heterocycles. The molecule has 2 N–H and O–H groups in total. The van der Waals surface area contributed by atoms with E-state index in [-0.39, 0.29) is 17.3 Å². The predicted molar refractivity (Wildman–Crippen MR) is 144 cm³/mol. The van der Waals surface area contributed by atoms with Crippen LogP contribution in [0.3, 0.4) is 0 Å². The maximum atomic E-state index is 12.9. The van der Waals surface area contributed by atoms with Crippen LogP contribution in [0, 0.1) is 5.92 Å². The van der Waals surface area contributed by atoms with Crippen molar-refractivity contribution in [3.8, 4) is 22.6 Å². The number of nitrogens with one attached hydrogen (secondary N) is 1. The molecule has 0 amide bonds. The van der Waals surface area contributed by atoms with E-state index in [1.807, 2.05) is 30.3 Å². The molecule has 3 aromatic carbocycles. The molecule has 5 rings (SSSR count). The minimum atomic E-state index is -3.52. The molecule has 1 atom stereocenters. The van der Waals surface area contributed by atoms with Crippen molar-refractivity contribution in [2.45, 2.75) is 23.8 Å². The van der Waals surface area contributed by atoms with Gasteiger partial charge in [0.2, 0.25) is 10.0 Å². The highest BCUT2D eigenvalue weighted by Gasteiger charge is 2.30. The number of ether oxygens (including phenoxy) is 2. The second kappa shape index (κ2) is 11.2. The molecule has 0 aromatic heterocycles. The Labute approximate surface area is 223 Å². The van der Waals surface area contributed by atoms with Gasteiger partial charge in [-0.3, -0.25) is 4.79 Å². The maximum Gasteiger partial charge on any atom is 0.243 e. The summed E-state index contributed by atoms with van der Waals surface area (Å²) in [7, 11) is -1.98. The number of carbonyl (C=O) groups excluding carboxylic acids is 1. The number of aliphatic hydroxyl groups is 1. The summed E-state index contributed by atoms with van der Waals surface area (Å²) >= 11 is 0. The molecule has 38 heavy (non-hydrogen) atoms. The van der Waals surface area contributed by atoms with Gasteiger partial charge in [-0.15, -0.1) is 0 Å². The van der Waals surface area contributed by atoms with Crippen LogP contribution >= 0.6 is 0 Å². The summed E-state index contributed by atoms with van der Waals surface area (Å²) in [6.45, 7) is 2.07. The summed E-state index contributed by atoms with van der Waals surface area (Å²) < 4.78 is 38.5. The summed E-state index contributed by atoms with van der Waals surface area (Å²) in [5.41, 5.74) is 2.93. The van der Waals surface area contributed by atoms with Gasteiger partial charge >= 0.3 is 0 Å². The molecule has 1 fully saturated rings. The first-order valence-corrected chi connectivity index (χ1v) is 14.3. The zero-order valence-corrected chi connectivity index (χ0v) is 22.1. The van der Waals surface area contributed by atoms with Gasteiger partial charge in [0.1, 0.15) is 24.2 Å². The third kappa shape index (κ3) is 5.33. The first-order chi connectivity index (χ1) is 18.4. The molecular weight excluding hydrogens is 504 g/mol. The van der Waals surface area contributed by atoms with Crippen LogP contribution in [-0.4, -0.2) is 69.6 Å². The summed E-state index contributed by atoms with van der Waals surface area (Å²) in [5, 5.41) is 13.8. The predicted octanol–water partition coefficient (Wildman–Crippen LogP) is 3.34. The Hall–Kier alpha value is -3.24. The topological polar surface area (TPSA) is 105 Å². The summed E-state index contributed by atoms with van der Waals surface area (Å²) in [5.74, 6) is 1.52. The van der Waals surface area contributed by atoms with E-state index < -0.39 is 16.1 Å². The molecule has 3 aromatic rings.